The van der Waals surface area contributed by atoms with Crippen LogP contribution in [0.2, 0.25) is 0 Å². The summed E-state index contributed by atoms with van der Waals surface area (Å²) in [6, 6.07) is 54.9. The SMILES string of the molecule is c1ccc(-c2ccc(-c3nc(-c4ccc(-c5cccc6ccc7c8ccccc8oc7c56)cc4)c4ccccc4n3)cc2)cc1. The zero-order valence-corrected chi connectivity index (χ0v) is 24.3. The molecule has 0 bridgehead atoms. The van der Waals surface area contributed by atoms with Crippen LogP contribution in [0.3, 0.4) is 0 Å². The molecule has 210 valence electrons. The number of fused-ring (bicyclic) bond motifs is 6. The monoisotopic (exact) mass is 574 g/mol. The van der Waals surface area contributed by atoms with Crippen LogP contribution in [-0.4, -0.2) is 9.97 Å². The quantitative estimate of drug-likeness (QED) is 0.210. The van der Waals surface area contributed by atoms with Crippen LogP contribution in [0.1, 0.15) is 0 Å². The number of hydrogen-bond acceptors (Lipinski definition) is 3. The molecule has 0 aliphatic heterocycles. The zero-order chi connectivity index (χ0) is 29.7. The van der Waals surface area contributed by atoms with Gasteiger partial charge in [-0.25, -0.2) is 9.97 Å². The van der Waals surface area contributed by atoms with Gasteiger partial charge in [-0.2, -0.15) is 0 Å². The lowest BCUT2D eigenvalue weighted by atomic mass is 9.95. The van der Waals surface area contributed by atoms with E-state index in [-0.39, 0.29) is 0 Å². The molecular formula is C42H26N2O. The van der Waals surface area contributed by atoms with Crippen molar-refractivity contribution in [3.05, 3.63) is 158 Å². The van der Waals surface area contributed by atoms with Crippen molar-refractivity contribution < 1.29 is 4.42 Å². The Kier molecular flexibility index (Phi) is 5.82. The van der Waals surface area contributed by atoms with Gasteiger partial charge in [-0.05, 0) is 45.8 Å². The van der Waals surface area contributed by atoms with Crippen molar-refractivity contribution in [2.75, 3.05) is 0 Å². The zero-order valence-electron chi connectivity index (χ0n) is 24.3. The van der Waals surface area contributed by atoms with E-state index in [1.54, 1.807) is 0 Å². The molecule has 9 rings (SSSR count). The van der Waals surface area contributed by atoms with Crippen molar-refractivity contribution in [2.45, 2.75) is 0 Å². The minimum Gasteiger partial charge on any atom is -0.455 e. The molecule has 0 aliphatic rings. The molecule has 3 heteroatoms. The van der Waals surface area contributed by atoms with Gasteiger partial charge in [-0.3, -0.25) is 0 Å². The van der Waals surface area contributed by atoms with Gasteiger partial charge < -0.3 is 4.42 Å². The number of rotatable bonds is 4. The lowest BCUT2D eigenvalue weighted by molar-refractivity contribution is 0.673. The normalized spacial score (nSPS) is 11.6. The van der Waals surface area contributed by atoms with Crippen molar-refractivity contribution in [2.24, 2.45) is 0 Å². The lowest BCUT2D eigenvalue weighted by Gasteiger charge is -2.12. The van der Waals surface area contributed by atoms with Crippen LogP contribution in [0.4, 0.5) is 0 Å². The van der Waals surface area contributed by atoms with Gasteiger partial charge in [0.15, 0.2) is 5.82 Å². The summed E-state index contributed by atoms with van der Waals surface area (Å²) in [5, 5.41) is 5.60. The second-order valence-corrected chi connectivity index (χ2v) is 11.4. The summed E-state index contributed by atoms with van der Waals surface area (Å²) < 4.78 is 6.44. The Morgan fingerprint density at radius 1 is 0.400 bits per heavy atom. The molecule has 0 saturated carbocycles. The third-order valence-corrected chi connectivity index (χ3v) is 8.71. The van der Waals surface area contributed by atoms with E-state index in [0.717, 1.165) is 71.6 Å². The number of aromatic nitrogens is 2. The fourth-order valence-corrected chi connectivity index (χ4v) is 6.47. The Bertz CT molecular complexity index is 2510. The number of furan rings is 1. The summed E-state index contributed by atoms with van der Waals surface area (Å²) in [6.45, 7) is 0. The van der Waals surface area contributed by atoms with Crippen molar-refractivity contribution in [1.29, 1.82) is 0 Å². The highest BCUT2D eigenvalue weighted by Crippen LogP contribution is 2.39. The van der Waals surface area contributed by atoms with E-state index in [1.165, 1.54) is 11.1 Å². The summed E-state index contributed by atoms with van der Waals surface area (Å²) in [5.41, 5.74) is 10.4. The minimum absolute atomic E-state index is 0.716. The van der Waals surface area contributed by atoms with Gasteiger partial charge in [0.25, 0.3) is 0 Å². The molecule has 7 aromatic carbocycles. The second kappa shape index (κ2) is 10.3. The number of nitrogens with zero attached hydrogens (tertiary/aromatic N) is 2. The maximum Gasteiger partial charge on any atom is 0.160 e. The highest BCUT2D eigenvalue weighted by Gasteiger charge is 2.15. The predicted molar refractivity (Wildman–Crippen MR) is 186 cm³/mol. The topological polar surface area (TPSA) is 38.9 Å². The second-order valence-electron chi connectivity index (χ2n) is 11.4. The smallest absolute Gasteiger partial charge is 0.160 e. The third kappa shape index (κ3) is 4.29. The molecule has 2 heterocycles. The van der Waals surface area contributed by atoms with Gasteiger partial charge in [0.1, 0.15) is 11.2 Å². The van der Waals surface area contributed by atoms with Crippen LogP contribution in [0.15, 0.2) is 162 Å². The molecule has 0 spiro atoms. The molecule has 0 saturated heterocycles. The van der Waals surface area contributed by atoms with Crippen molar-refractivity contribution in [3.63, 3.8) is 0 Å². The molecular weight excluding hydrogens is 548 g/mol. The van der Waals surface area contributed by atoms with Gasteiger partial charge in [-0.15, -0.1) is 0 Å². The average Bonchev–Trinajstić information content (AvgIpc) is 3.51. The molecule has 0 N–H and O–H groups in total. The Balaban J connectivity index is 1.15. The van der Waals surface area contributed by atoms with Crippen molar-refractivity contribution >= 4 is 43.6 Å². The highest BCUT2D eigenvalue weighted by atomic mass is 16.3. The third-order valence-electron chi connectivity index (χ3n) is 8.71. The summed E-state index contributed by atoms with van der Waals surface area (Å²) in [6.07, 6.45) is 0. The standard InChI is InChI=1S/C42H26N2O/c1-2-9-27(10-3-1)28-17-23-32(24-18-28)42-43-37-15-6-4-13-36(37)40(44-42)31-21-19-29(20-22-31)33-14-8-11-30-25-26-35-34-12-5-7-16-38(34)45-41(35)39(30)33/h1-26H. The molecule has 3 nitrogen and oxygen atoms in total. The van der Waals surface area contributed by atoms with E-state index in [4.69, 9.17) is 14.4 Å². The van der Waals surface area contributed by atoms with E-state index in [2.05, 4.69) is 127 Å². The molecule has 0 atom stereocenters. The number of para-hydroxylation sites is 2. The number of hydrogen-bond donors (Lipinski definition) is 0. The van der Waals surface area contributed by atoms with E-state index in [1.807, 2.05) is 30.3 Å². The molecule has 0 aliphatic carbocycles. The van der Waals surface area contributed by atoms with Crippen molar-refractivity contribution in [3.8, 4) is 44.9 Å². The Labute approximate surface area is 260 Å². The predicted octanol–water partition coefficient (Wildman–Crippen LogP) is 11.4. The van der Waals surface area contributed by atoms with Gasteiger partial charge in [0.05, 0.1) is 11.2 Å². The van der Waals surface area contributed by atoms with Crippen LogP contribution < -0.4 is 0 Å². The fraction of sp³-hybridized carbons (Fsp3) is 0. The minimum atomic E-state index is 0.716. The fourth-order valence-electron chi connectivity index (χ4n) is 6.47. The molecule has 9 aromatic rings. The van der Waals surface area contributed by atoms with Crippen LogP contribution >= 0.6 is 0 Å². The Hall–Kier alpha value is -6.06. The van der Waals surface area contributed by atoms with Crippen LogP contribution in [-0.2, 0) is 0 Å². The van der Waals surface area contributed by atoms with Gasteiger partial charge in [0, 0.05) is 32.7 Å². The average molecular weight is 575 g/mol. The first-order valence-electron chi connectivity index (χ1n) is 15.2. The molecule has 45 heavy (non-hydrogen) atoms. The Morgan fingerprint density at radius 2 is 1.07 bits per heavy atom. The van der Waals surface area contributed by atoms with Crippen molar-refractivity contribution in [1.82, 2.24) is 9.97 Å². The van der Waals surface area contributed by atoms with Crippen LogP contribution in [0.25, 0.3) is 88.5 Å². The van der Waals surface area contributed by atoms with Gasteiger partial charge in [-0.1, -0.05) is 140 Å². The first-order valence-corrected chi connectivity index (χ1v) is 15.2. The summed E-state index contributed by atoms with van der Waals surface area (Å²) in [4.78, 5) is 10.1. The maximum absolute atomic E-state index is 6.44. The Morgan fingerprint density at radius 3 is 1.91 bits per heavy atom. The lowest BCUT2D eigenvalue weighted by Crippen LogP contribution is -1.95. The molecule has 0 radical (unpaired) electrons. The summed E-state index contributed by atoms with van der Waals surface area (Å²) in [5.74, 6) is 0.716. The largest absolute Gasteiger partial charge is 0.455 e. The molecule has 0 fully saturated rings. The maximum atomic E-state index is 6.44. The molecule has 2 aromatic heterocycles. The van der Waals surface area contributed by atoms with E-state index in [0.29, 0.717) is 5.82 Å². The van der Waals surface area contributed by atoms with Gasteiger partial charge in [0.2, 0.25) is 0 Å². The van der Waals surface area contributed by atoms with E-state index < -0.39 is 0 Å². The molecule has 0 unspecified atom stereocenters. The van der Waals surface area contributed by atoms with Gasteiger partial charge >= 0.3 is 0 Å². The highest BCUT2D eigenvalue weighted by molar-refractivity contribution is 6.18. The van der Waals surface area contributed by atoms with Crippen LogP contribution in [0.5, 0.6) is 0 Å². The summed E-state index contributed by atoms with van der Waals surface area (Å²) in [7, 11) is 0. The number of benzene rings is 7. The molecule has 0 amide bonds. The first-order chi connectivity index (χ1) is 22.3. The van der Waals surface area contributed by atoms with E-state index >= 15 is 0 Å². The van der Waals surface area contributed by atoms with Crippen LogP contribution in [0, 0.1) is 0 Å². The van der Waals surface area contributed by atoms with E-state index in [9.17, 15) is 0 Å². The first kappa shape index (κ1) is 25.4. The summed E-state index contributed by atoms with van der Waals surface area (Å²) >= 11 is 0.